The van der Waals surface area contributed by atoms with E-state index in [1.54, 1.807) is 0 Å². The Hall–Kier alpha value is -3.72. The number of nitriles is 1. The molecule has 4 aromatic rings. The van der Waals surface area contributed by atoms with Crippen molar-refractivity contribution in [2.75, 3.05) is 5.32 Å². The van der Waals surface area contributed by atoms with Gasteiger partial charge in [0.25, 0.3) is 0 Å². The van der Waals surface area contributed by atoms with Crippen LogP contribution in [0.5, 0.6) is 0 Å². The maximum Gasteiger partial charge on any atom is 0.302 e. The largest absolute Gasteiger partial charge is 0.423 e. The van der Waals surface area contributed by atoms with Crippen LogP contribution in [0.15, 0.2) is 59.1 Å². The summed E-state index contributed by atoms with van der Waals surface area (Å²) in [5, 5.41) is 12.3. The second-order valence-electron chi connectivity index (χ2n) is 5.55. The molecule has 0 radical (unpaired) electrons. The Balaban J connectivity index is 1.72. The SMILES string of the molecule is Cc1ccc(-c2nc(Nc3nc4ccccc4o3)ncc2C#N)cc1. The Labute approximate surface area is 143 Å². The molecule has 0 bridgehead atoms. The fraction of sp³-hybridized carbons (Fsp3) is 0.0526. The van der Waals surface area contributed by atoms with Gasteiger partial charge in [0.05, 0.1) is 17.5 Å². The molecule has 4 rings (SSSR count). The van der Waals surface area contributed by atoms with Gasteiger partial charge >= 0.3 is 6.01 Å². The van der Waals surface area contributed by atoms with Gasteiger partial charge in [0.15, 0.2) is 5.58 Å². The zero-order valence-electron chi connectivity index (χ0n) is 13.4. The average molecular weight is 327 g/mol. The van der Waals surface area contributed by atoms with Crippen molar-refractivity contribution < 1.29 is 4.42 Å². The third kappa shape index (κ3) is 2.91. The Morgan fingerprint density at radius 2 is 1.84 bits per heavy atom. The van der Waals surface area contributed by atoms with Crippen LogP contribution in [-0.2, 0) is 0 Å². The third-order valence-electron chi connectivity index (χ3n) is 3.75. The molecular weight excluding hydrogens is 314 g/mol. The third-order valence-corrected chi connectivity index (χ3v) is 3.75. The molecule has 6 nitrogen and oxygen atoms in total. The maximum atomic E-state index is 9.33. The first kappa shape index (κ1) is 14.8. The molecule has 0 spiro atoms. The normalized spacial score (nSPS) is 10.6. The molecule has 120 valence electrons. The molecule has 6 heteroatoms. The van der Waals surface area contributed by atoms with Gasteiger partial charge in [-0.15, -0.1) is 0 Å². The molecule has 2 aromatic heterocycles. The summed E-state index contributed by atoms with van der Waals surface area (Å²) in [5.74, 6) is 0.320. The lowest BCUT2D eigenvalue weighted by Crippen LogP contribution is -2.00. The van der Waals surface area contributed by atoms with Gasteiger partial charge in [0, 0.05) is 5.56 Å². The van der Waals surface area contributed by atoms with E-state index in [1.165, 1.54) is 6.20 Å². The smallest absolute Gasteiger partial charge is 0.302 e. The fourth-order valence-corrected chi connectivity index (χ4v) is 2.48. The van der Waals surface area contributed by atoms with Crippen LogP contribution in [-0.4, -0.2) is 15.0 Å². The lowest BCUT2D eigenvalue weighted by atomic mass is 10.1. The molecule has 2 aromatic carbocycles. The number of rotatable bonds is 3. The Morgan fingerprint density at radius 3 is 2.60 bits per heavy atom. The van der Waals surface area contributed by atoms with E-state index in [2.05, 4.69) is 26.3 Å². The molecule has 0 saturated carbocycles. The molecule has 0 fully saturated rings. The van der Waals surface area contributed by atoms with Gasteiger partial charge in [-0.3, -0.25) is 5.32 Å². The monoisotopic (exact) mass is 327 g/mol. The van der Waals surface area contributed by atoms with E-state index in [1.807, 2.05) is 55.5 Å². The maximum absolute atomic E-state index is 9.33. The van der Waals surface area contributed by atoms with Crippen molar-refractivity contribution in [1.82, 2.24) is 15.0 Å². The summed E-state index contributed by atoms with van der Waals surface area (Å²) < 4.78 is 5.62. The summed E-state index contributed by atoms with van der Waals surface area (Å²) in [6.07, 6.45) is 1.49. The summed E-state index contributed by atoms with van der Waals surface area (Å²) in [5.41, 5.74) is 4.39. The van der Waals surface area contributed by atoms with E-state index in [0.717, 1.165) is 16.6 Å². The van der Waals surface area contributed by atoms with Crippen molar-refractivity contribution in [3.63, 3.8) is 0 Å². The van der Waals surface area contributed by atoms with Crippen LogP contribution in [0.4, 0.5) is 12.0 Å². The number of hydrogen-bond donors (Lipinski definition) is 1. The zero-order valence-corrected chi connectivity index (χ0v) is 13.4. The molecule has 0 atom stereocenters. The van der Waals surface area contributed by atoms with Crippen LogP contribution in [0.3, 0.4) is 0 Å². The molecular formula is C19H13N5O. The summed E-state index contributed by atoms with van der Waals surface area (Å²) in [7, 11) is 0. The number of benzene rings is 2. The minimum Gasteiger partial charge on any atom is -0.423 e. The number of nitrogens with one attached hydrogen (secondary N) is 1. The van der Waals surface area contributed by atoms with Crippen LogP contribution in [0, 0.1) is 18.3 Å². The van der Waals surface area contributed by atoms with Crippen molar-refractivity contribution in [2.24, 2.45) is 0 Å². The zero-order chi connectivity index (χ0) is 17.2. The van der Waals surface area contributed by atoms with Crippen molar-refractivity contribution in [3.05, 3.63) is 65.9 Å². The second-order valence-corrected chi connectivity index (χ2v) is 5.55. The summed E-state index contributed by atoms with van der Waals surface area (Å²) in [4.78, 5) is 13.0. The minimum absolute atomic E-state index is 0.306. The van der Waals surface area contributed by atoms with E-state index >= 15 is 0 Å². The Kier molecular flexibility index (Phi) is 3.60. The molecule has 1 N–H and O–H groups in total. The number of anilines is 2. The van der Waals surface area contributed by atoms with E-state index in [0.29, 0.717) is 28.8 Å². The number of para-hydroxylation sites is 2. The van der Waals surface area contributed by atoms with Crippen LogP contribution in [0.2, 0.25) is 0 Å². The standard InChI is InChI=1S/C19H13N5O/c1-12-6-8-13(9-7-12)17-14(10-20)11-21-18(23-17)24-19-22-15-4-2-3-5-16(15)25-19/h2-9,11H,1H3,(H,21,22,23,24). The summed E-state index contributed by atoms with van der Waals surface area (Å²) in [6.45, 7) is 2.01. The highest BCUT2D eigenvalue weighted by Gasteiger charge is 2.12. The first-order chi connectivity index (χ1) is 12.2. The molecule has 0 amide bonds. The Morgan fingerprint density at radius 1 is 1.04 bits per heavy atom. The van der Waals surface area contributed by atoms with Gasteiger partial charge in [0.2, 0.25) is 5.95 Å². The van der Waals surface area contributed by atoms with Gasteiger partial charge in [0.1, 0.15) is 11.6 Å². The highest BCUT2D eigenvalue weighted by Crippen LogP contribution is 2.24. The van der Waals surface area contributed by atoms with Crippen molar-refractivity contribution in [1.29, 1.82) is 5.26 Å². The van der Waals surface area contributed by atoms with Crippen LogP contribution in [0.25, 0.3) is 22.4 Å². The van der Waals surface area contributed by atoms with Crippen LogP contribution in [0.1, 0.15) is 11.1 Å². The van der Waals surface area contributed by atoms with E-state index in [4.69, 9.17) is 4.42 Å². The topological polar surface area (TPSA) is 87.6 Å². The number of hydrogen-bond acceptors (Lipinski definition) is 6. The Bertz CT molecular complexity index is 1060. The lowest BCUT2D eigenvalue weighted by molar-refractivity contribution is 0.621. The average Bonchev–Trinajstić information content (AvgIpc) is 3.04. The molecule has 2 heterocycles. The summed E-state index contributed by atoms with van der Waals surface area (Å²) in [6, 6.07) is 17.7. The predicted molar refractivity (Wildman–Crippen MR) is 94.2 cm³/mol. The summed E-state index contributed by atoms with van der Waals surface area (Å²) >= 11 is 0. The van der Waals surface area contributed by atoms with Crippen LogP contribution >= 0.6 is 0 Å². The predicted octanol–water partition coefficient (Wildman–Crippen LogP) is 4.21. The van der Waals surface area contributed by atoms with E-state index in [9.17, 15) is 5.26 Å². The van der Waals surface area contributed by atoms with Crippen LogP contribution < -0.4 is 5.32 Å². The number of oxazole rings is 1. The number of aryl methyl sites for hydroxylation is 1. The highest BCUT2D eigenvalue weighted by atomic mass is 16.4. The van der Waals surface area contributed by atoms with Gasteiger partial charge in [-0.05, 0) is 19.1 Å². The van der Waals surface area contributed by atoms with Crippen molar-refractivity contribution in [3.8, 4) is 17.3 Å². The first-order valence-corrected chi connectivity index (χ1v) is 7.70. The van der Waals surface area contributed by atoms with Gasteiger partial charge in [-0.25, -0.2) is 9.97 Å². The number of nitrogens with zero attached hydrogens (tertiary/aromatic N) is 4. The molecule has 0 aliphatic carbocycles. The van der Waals surface area contributed by atoms with Crippen molar-refractivity contribution >= 4 is 23.1 Å². The number of fused-ring (bicyclic) bond motifs is 1. The molecule has 0 aliphatic heterocycles. The second kappa shape index (κ2) is 6.06. The van der Waals surface area contributed by atoms with Gasteiger partial charge in [-0.2, -0.15) is 10.2 Å². The van der Waals surface area contributed by atoms with Gasteiger partial charge in [-0.1, -0.05) is 42.0 Å². The fourth-order valence-electron chi connectivity index (χ4n) is 2.48. The van der Waals surface area contributed by atoms with Crippen molar-refractivity contribution in [2.45, 2.75) is 6.92 Å². The first-order valence-electron chi connectivity index (χ1n) is 7.70. The minimum atomic E-state index is 0.306. The van der Waals surface area contributed by atoms with Gasteiger partial charge < -0.3 is 4.42 Å². The number of aromatic nitrogens is 3. The molecule has 0 aliphatic rings. The molecule has 0 saturated heterocycles. The highest BCUT2D eigenvalue weighted by molar-refractivity contribution is 5.75. The van der Waals surface area contributed by atoms with E-state index in [-0.39, 0.29) is 0 Å². The quantitative estimate of drug-likeness (QED) is 0.606. The molecule has 0 unspecified atom stereocenters. The molecule has 25 heavy (non-hydrogen) atoms. The van der Waals surface area contributed by atoms with E-state index < -0.39 is 0 Å². The lowest BCUT2D eigenvalue weighted by Gasteiger charge is -2.06.